The molecule has 1 atom stereocenters. The van der Waals surface area contributed by atoms with Crippen LogP contribution in [0.1, 0.15) is 13.3 Å². The quantitative estimate of drug-likeness (QED) is 0.696. The van der Waals surface area contributed by atoms with E-state index in [2.05, 4.69) is 24.4 Å². The van der Waals surface area contributed by atoms with Crippen molar-refractivity contribution in [2.24, 2.45) is 5.92 Å². The number of hydrogen-bond acceptors (Lipinski definition) is 1. The molecule has 0 saturated heterocycles. The van der Waals surface area contributed by atoms with E-state index in [0.29, 0.717) is 0 Å². The van der Waals surface area contributed by atoms with E-state index in [9.17, 15) is 4.79 Å². The Labute approximate surface area is 91.1 Å². The number of allylic oxidation sites excluding steroid dienone is 6. The summed E-state index contributed by atoms with van der Waals surface area (Å²) < 4.78 is 0. The molecule has 1 N–H and O–H groups in total. The van der Waals surface area contributed by atoms with Crippen LogP contribution in [0.3, 0.4) is 0 Å². The molecule has 0 saturated carbocycles. The molecule has 1 unspecified atom stereocenters. The smallest absolute Gasteiger partial charge is 0.250 e. The van der Waals surface area contributed by atoms with Crippen LogP contribution in [0.5, 0.6) is 0 Å². The van der Waals surface area contributed by atoms with Gasteiger partial charge < -0.3 is 5.32 Å². The minimum atomic E-state index is -0.0314. The molecule has 0 aliphatic heterocycles. The molecule has 1 aliphatic carbocycles. The lowest BCUT2D eigenvalue weighted by Crippen LogP contribution is -2.19. The maximum atomic E-state index is 11.5. The minimum absolute atomic E-state index is 0.0314. The lowest BCUT2D eigenvalue weighted by atomic mass is 10.0. The summed E-state index contributed by atoms with van der Waals surface area (Å²) in [6.45, 7) is 2.06. The summed E-state index contributed by atoms with van der Waals surface area (Å²) in [7, 11) is 1.65. The molecule has 0 fully saturated rings. The Bertz CT molecular complexity index is 334. The number of amides is 1. The van der Waals surface area contributed by atoms with Crippen LogP contribution in [0.15, 0.2) is 48.1 Å². The maximum Gasteiger partial charge on any atom is 0.250 e. The zero-order chi connectivity index (χ0) is 11.1. The first kappa shape index (κ1) is 11.5. The van der Waals surface area contributed by atoms with Gasteiger partial charge in [0.05, 0.1) is 0 Å². The first-order chi connectivity index (χ1) is 7.24. The monoisotopic (exact) mass is 203 g/mol. The van der Waals surface area contributed by atoms with Crippen molar-refractivity contribution in [2.75, 3.05) is 7.05 Å². The van der Waals surface area contributed by atoms with Crippen molar-refractivity contribution in [3.05, 3.63) is 48.1 Å². The summed E-state index contributed by atoms with van der Waals surface area (Å²) in [6.07, 6.45) is 14.9. The summed E-state index contributed by atoms with van der Waals surface area (Å²) in [5.74, 6) is 0.237. The lowest BCUT2D eigenvalue weighted by molar-refractivity contribution is -0.116. The zero-order valence-corrected chi connectivity index (χ0v) is 9.23. The van der Waals surface area contributed by atoms with E-state index >= 15 is 0 Å². The van der Waals surface area contributed by atoms with Gasteiger partial charge >= 0.3 is 0 Å². The van der Waals surface area contributed by atoms with Gasteiger partial charge in [-0.25, -0.2) is 0 Å². The fourth-order valence-corrected chi connectivity index (χ4v) is 1.36. The molecule has 0 heterocycles. The number of carbonyl (C=O) groups excluding carboxylic acids is 1. The van der Waals surface area contributed by atoms with E-state index in [0.717, 1.165) is 12.0 Å². The largest absolute Gasteiger partial charge is 0.355 e. The molecule has 1 amide bonds. The van der Waals surface area contributed by atoms with E-state index in [-0.39, 0.29) is 11.8 Å². The predicted molar refractivity (Wildman–Crippen MR) is 63.4 cm³/mol. The van der Waals surface area contributed by atoms with Crippen LogP contribution in [-0.4, -0.2) is 13.0 Å². The Morgan fingerprint density at radius 2 is 2.20 bits per heavy atom. The number of hydrogen-bond donors (Lipinski definition) is 1. The molecule has 80 valence electrons. The molecule has 1 aliphatic rings. The minimum Gasteiger partial charge on any atom is -0.355 e. The molecule has 1 rings (SSSR count). The zero-order valence-electron chi connectivity index (χ0n) is 9.23. The molecular weight excluding hydrogens is 186 g/mol. The summed E-state index contributed by atoms with van der Waals surface area (Å²) in [5.41, 5.74) is 0.727. The Morgan fingerprint density at radius 1 is 1.40 bits per heavy atom. The molecule has 15 heavy (non-hydrogen) atoms. The summed E-state index contributed by atoms with van der Waals surface area (Å²) in [6, 6.07) is 0. The summed E-state index contributed by atoms with van der Waals surface area (Å²) >= 11 is 0. The Morgan fingerprint density at radius 3 is 2.93 bits per heavy atom. The second-order valence-electron chi connectivity index (χ2n) is 3.51. The van der Waals surface area contributed by atoms with Crippen molar-refractivity contribution in [1.29, 1.82) is 0 Å². The Hall–Kier alpha value is -1.57. The normalized spacial score (nSPS) is 25.2. The number of rotatable bonds is 1. The highest BCUT2D eigenvalue weighted by molar-refractivity contribution is 5.96. The van der Waals surface area contributed by atoms with Gasteiger partial charge in [-0.3, -0.25) is 4.79 Å². The van der Waals surface area contributed by atoms with Gasteiger partial charge in [0.2, 0.25) is 0 Å². The molecule has 0 bridgehead atoms. The highest BCUT2D eigenvalue weighted by Crippen LogP contribution is 2.09. The van der Waals surface area contributed by atoms with Crippen LogP contribution in [0, 0.1) is 5.92 Å². The van der Waals surface area contributed by atoms with Gasteiger partial charge in [0.25, 0.3) is 5.91 Å². The topological polar surface area (TPSA) is 29.1 Å². The fraction of sp³-hybridized carbons (Fsp3) is 0.308. The highest BCUT2D eigenvalue weighted by atomic mass is 16.1. The van der Waals surface area contributed by atoms with E-state index in [1.807, 2.05) is 30.4 Å². The third-order valence-electron chi connectivity index (χ3n) is 2.16. The van der Waals surface area contributed by atoms with Crippen LogP contribution >= 0.6 is 0 Å². The lowest BCUT2D eigenvalue weighted by Gasteiger charge is -2.04. The van der Waals surface area contributed by atoms with E-state index < -0.39 is 0 Å². The number of likely N-dealkylation sites (N-methyl/N-ethyl adjacent to an activating group) is 1. The maximum absolute atomic E-state index is 11.5. The molecule has 0 aromatic carbocycles. The van der Waals surface area contributed by atoms with Gasteiger partial charge in [0, 0.05) is 12.6 Å². The molecule has 2 heteroatoms. The van der Waals surface area contributed by atoms with Crippen molar-refractivity contribution >= 4 is 5.91 Å². The van der Waals surface area contributed by atoms with Crippen LogP contribution in [0.25, 0.3) is 0 Å². The SMILES string of the molecule is CNC(=O)C1=CC(C)/C=C\C=C/CC=C1. The second kappa shape index (κ2) is 6.02. The Kier molecular flexibility index (Phi) is 4.61. The van der Waals surface area contributed by atoms with Crippen molar-refractivity contribution in [3.8, 4) is 0 Å². The van der Waals surface area contributed by atoms with Crippen molar-refractivity contribution in [3.63, 3.8) is 0 Å². The van der Waals surface area contributed by atoms with Crippen molar-refractivity contribution < 1.29 is 4.79 Å². The third kappa shape index (κ3) is 3.98. The van der Waals surface area contributed by atoms with E-state index in [1.165, 1.54) is 0 Å². The molecule has 0 radical (unpaired) electrons. The van der Waals surface area contributed by atoms with Gasteiger partial charge in [-0.15, -0.1) is 0 Å². The first-order valence-corrected chi connectivity index (χ1v) is 5.18. The van der Waals surface area contributed by atoms with Gasteiger partial charge in [-0.1, -0.05) is 49.5 Å². The third-order valence-corrected chi connectivity index (χ3v) is 2.16. The molecule has 2 nitrogen and oxygen atoms in total. The highest BCUT2D eigenvalue weighted by Gasteiger charge is 2.04. The average Bonchev–Trinajstić information content (AvgIpc) is 2.25. The second-order valence-corrected chi connectivity index (χ2v) is 3.51. The Balaban J connectivity index is 2.90. The van der Waals surface area contributed by atoms with Crippen LogP contribution in [0.2, 0.25) is 0 Å². The van der Waals surface area contributed by atoms with Crippen molar-refractivity contribution in [1.82, 2.24) is 5.32 Å². The van der Waals surface area contributed by atoms with Crippen LogP contribution in [-0.2, 0) is 4.79 Å². The average molecular weight is 203 g/mol. The number of carbonyl (C=O) groups is 1. The van der Waals surface area contributed by atoms with Gasteiger partial charge in [0.15, 0.2) is 0 Å². The molecule has 0 spiro atoms. The van der Waals surface area contributed by atoms with Crippen molar-refractivity contribution in [2.45, 2.75) is 13.3 Å². The fourth-order valence-electron chi connectivity index (χ4n) is 1.36. The van der Waals surface area contributed by atoms with Gasteiger partial charge in [-0.2, -0.15) is 0 Å². The first-order valence-electron chi connectivity index (χ1n) is 5.18. The van der Waals surface area contributed by atoms with Gasteiger partial charge in [0.1, 0.15) is 0 Å². The molecule has 0 aromatic rings. The molecule has 0 aromatic heterocycles. The van der Waals surface area contributed by atoms with E-state index in [1.54, 1.807) is 7.05 Å². The van der Waals surface area contributed by atoms with Crippen LogP contribution < -0.4 is 5.32 Å². The van der Waals surface area contributed by atoms with E-state index in [4.69, 9.17) is 0 Å². The summed E-state index contributed by atoms with van der Waals surface area (Å²) in [5, 5.41) is 2.64. The predicted octanol–water partition coefficient (Wildman–Crippen LogP) is 2.37. The van der Waals surface area contributed by atoms with Crippen LogP contribution in [0.4, 0.5) is 0 Å². The van der Waals surface area contributed by atoms with Gasteiger partial charge in [-0.05, 0) is 12.3 Å². The summed E-state index contributed by atoms with van der Waals surface area (Å²) in [4.78, 5) is 11.5. The molecular formula is C13H17NO. The number of nitrogens with one attached hydrogen (secondary N) is 1. The standard InChI is InChI=1S/C13H17NO/c1-11-8-6-4-3-5-7-9-12(10-11)13(15)14-2/h3-4,6-11H,5H2,1-2H3,(H,14,15)/b4-3-,8-6-,9-7?,12-10?.